The van der Waals surface area contributed by atoms with Gasteiger partial charge in [0.25, 0.3) is 0 Å². The summed E-state index contributed by atoms with van der Waals surface area (Å²) >= 11 is 0. The van der Waals surface area contributed by atoms with E-state index >= 15 is 0 Å². The van der Waals surface area contributed by atoms with E-state index in [0.717, 1.165) is 31.7 Å². The number of hydrogen-bond acceptors (Lipinski definition) is 5. The molecule has 0 spiro atoms. The first-order valence-electron chi connectivity index (χ1n) is 8.49. The van der Waals surface area contributed by atoms with E-state index in [9.17, 15) is 4.79 Å². The minimum Gasteiger partial charge on any atom is -0.381 e. The van der Waals surface area contributed by atoms with Gasteiger partial charge in [-0.25, -0.2) is 0 Å². The van der Waals surface area contributed by atoms with E-state index in [1.165, 1.54) is 0 Å². The number of hydrogen-bond donors (Lipinski definition) is 0. The second-order valence-electron chi connectivity index (χ2n) is 6.04. The first-order chi connectivity index (χ1) is 11.8. The van der Waals surface area contributed by atoms with Gasteiger partial charge in [-0.3, -0.25) is 4.79 Å². The van der Waals surface area contributed by atoms with E-state index < -0.39 is 0 Å². The second-order valence-corrected chi connectivity index (χ2v) is 6.04. The summed E-state index contributed by atoms with van der Waals surface area (Å²) in [5, 5.41) is 3.99. The van der Waals surface area contributed by atoms with Crippen molar-refractivity contribution in [2.45, 2.75) is 26.2 Å². The lowest BCUT2D eigenvalue weighted by Crippen LogP contribution is -2.35. The molecule has 6 heteroatoms. The van der Waals surface area contributed by atoms with Gasteiger partial charge in [-0.1, -0.05) is 35.5 Å². The highest BCUT2D eigenvalue weighted by molar-refractivity contribution is 5.76. The quantitative estimate of drug-likeness (QED) is 0.781. The van der Waals surface area contributed by atoms with E-state index in [4.69, 9.17) is 9.26 Å². The zero-order valence-electron chi connectivity index (χ0n) is 14.0. The molecule has 3 rings (SSSR count). The first kappa shape index (κ1) is 16.6. The lowest BCUT2D eigenvalue weighted by atomic mass is 10.1. The number of ether oxygens (including phenoxy) is 1. The SMILES string of the molecule is CCN(CC1CCOC1)C(=O)CCc1nc(-c2ccccc2)no1. The Morgan fingerprint density at radius 3 is 2.88 bits per heavy atom. The van der Waals surface area contributed by atoms with Gasteiger partial charge in [0.05, 0.1) is 6.61 Å². The third kappa shape index (κ3) is 4.20. The van der Waals surface area contributed by atoms with Crippen LogP contribution in [-0.4, -0.2) is 47.3 Å². The number of amides is 1. The van der Waals surface area contributed by atoms with Crippen LogP contribution in [0.5, 0.6) is 0 Å². The van der Waals surface area contributed by atoms with Crippen LogP contribution >= 0.6 is 0 Å². The molecule has 1 aromatic heterocycles. The van der Waals surface area contributed by atoms with Gasteiger partial charge in [-0.05, 0) is 13.3 Å². The van der Waals surface area contributed by atoms with Crippen molar-refractivity contribution in [3.8, 4) is 11.4 Å². The fourth-order valence-electron chi connectivity index (χ4n) is 2.88. The summed E-state index contributed by atoms with van der Waals surface area (Å²) in [5.41, 5.74) is 0.912. The summed E-state index contributed by atoms with van der Waals surface area (Å²) in [7, 11) is 0. The number of carbonyl (C=O) groups excluding carboxylic acids is 1. The topological polar surface area (TPSA) is 68.5 Å². The molecule has 1 aliphatic rings. The number of carbonyl (C=O) groups is 1. The van der Waals surface area contributed by atoms with Gasteiger partial charge in [-0.2, -0.15) is 4.98 Å². The minimum atomic E-state index is 0.129. The Labute approximate surface area is 141 Å². The average Bonchev–Trinajstić information content (AvgIpc) is 3.30. The molecule has 0 radical (unpaired) electrons. The van der Waals surface area contributed by atoms with Crippen LogP contribution < -0.4 is 0 Å². The van der Waals surface area contributed by atoms with Crippen molar-refractivity contribution in [2.24, 2.45) is 5.92 Å². The molecule has 0 N–H and O–H groups in total. The molecule has 128 valence electrons. The van der Waals surface area contributed by atoms with Crippen molar-refractivity contribution >= 4 is 5.91 Å². The number of benzene rings is 1. The van der Waals surface area contributed by atoms with Gasteiger partial charge in [0, 0.05) is 44.0 Å². The molecule has 1 aromatic carbocycles. The van der Waals surface area contributed by atoms with Gasteiger partial charge in [0.1, 0.15) is 0 Å². The highest BCUT2D eigenvalue weighted by Gasteiger charge is 2.22. The highest BCUT2D eigenvalue weighted by Crippen LogP contribution is 2.17. The zero-order valence-corrected chi connectivity index (χ0v) is 14.0. The molecule has 2 aromatic rings. The Bertz CT molecular complexity index is 651. The Morgan fingerprint density at radius 1 is 1.33 bits per heavy atom. The molecule has 24 heavy (non-hydrogen) atoms. The number of rotatable bonds is 7. The maximum absolute atomic E-state index is 12.4. The second kappa shape index (κ2) is 8.06. The Hall–Kier alpha value is -2.21. The van der Waals surface area contributed by atoms with Crippen LogP contribution in [0, 0.1) is 5.92 Å². The Kier molecular flexibility index (Phi) is 5.59. The van der Waals surface area contributed by atoms with Gasteiger partial charge in [0.15, 0.2) is 0 Å². The summed E-state index contributed by atoms with van der Waals surface area (Å²) in [4.78, 5) is 18.7. The third-order valence-corrected chi connectivity index (χ3v) is 4.29. The van der Waals surface area contributed by atoms with E-state index in [-0.39, 0.29) is 5.91 Å². The molecule has 2 heterocycles. The molecule has 1 unspecified atom stereocenters. The largest absolute Gasteiger partial charge is 0.381 e. The molecule has 0 aliphatic carbocycles. The number of nitrogens with zero attached hydrogens (tertiary/aromatic N) is 3. The molecule has 1 amide bonds. The summed E-state index contributed by atoms with van der Waals surface area (Å²) < 4.78 is 10.6. The van der Waals surface area contributed by atoms with Crippen molar-refractivity contribution in [3.05, 3.63) is 36.2 Å². The summed E-state index contributed by atoms with van der Waals surface area (Å²) in [6.45, 7) is 5.06. The molecule has 1 fully saturated rings. The fourth-order valence-corrected chi connectivity index (χ4v) is 2.88. The zero-order chi connectivity index (χ0) is 16.8. The molecule has 0 saturated carbocycles. The van der Waals surface area contributed by atoms with Gasteiger partial charge >= 0.3 is 0 Å². The van der Waals surface area contributed by atoms with Crippen LogP contribution in [0.3, 0.4) is 0 Å². The average molecular weight is 329 g/mol. The van der Waals surface area contributed by atoms with Crippen LogP contribution in [0.2, 0.25) is 0 Å². The van der Waals surface area contributed by atoms with Crippen molar-refractivity contribution in [1.29, 1.82) is 0 Å². The molecule has 1 aliphatic heterocycles. The summed E-state index contributed by atoms with van der Waals surface area (Å²) in [6.07, 6.45) is 1.89. The molecule has 1 atom stereocenters. The van der Waals surface area contributed by atoms with Crippen molar-refractivity contribution in [1.82, 2.24) is 15.0 Å². The normalized spacial score (nSPS) is 17.1. The van der Waals surface area contributed by atoms with Crippen molar-refractivity contribution in [3.63, 3.8) is 0 Å². The Morgan fingerprint density at radius 2 is 2.17 bits per heavy atom. The van der Waals surface area contributed by atoms with Crippen molar-refractivity contribution in [2.75, 3.05) is 26.3 Å². The maximum atomic E-state index is 12.4. The van der Waals surface area contributed by atoms with E-state index in [1.807, 2.05) is 42.2 Å². The molecule has 6 nitrogen and oxygen atoms in total. The Balaban J connectivity index is 1.53. The highest BCUT2D eigenvalue weighted by atomic mass is 16.5. The van der Waals surface area contributed by atoms with Crippen LogP contribution in [0.4, 0.5) is 0 Å². The summed E-state index contributed by atoms with van der Waals surface area (Å²) in [6, 6.07) is 9.67. The molecular formula is C18H23N3O3. The predicted octanol–water partition coefficient (Wildman–Crippen LogP) is 2.55. The maximum Gasteiger partial charge on any atom is 0.227 e. The van der Waals surface area contributed by atoms with Crippen LogP contribution in [0.1, 0.15) is 25.7 Å². The smallest absolute Gasteiger partial charge is 0.227 e. The van der Waals surface area contributed by atoms with Crippen molar-refractivity contribution < 1.29 is 14.1 Å². The van der Waals surface area contributed by atoms with Crippen LogP contribution in [0.25, 0.3) is 11.4 Å². The monoisotopic (exact) mass is 329 g/mol. The third-order valence-electron chi connectivity index (χ3n) is 4.29. The van der Waals surface area contributed by atoms with Gasteiger partial charge in [-0.15, -0.1) is 0 Å². The van der Waals surface area contributed by atoms with Gasteiger partial charge in [0.2, 0.25) is 17.6 Å². The predicted molar refractivity (Wildman–Crippen MR) is 89.2 cm³/mol. The lowest BCUT2D eigenvalue weighted by molar-refractivity contribution is -0.131. The minimum absolute atomic E-state index is 0.129. The molecule has 1 saturated heterocycles. The number of aromatic nitrogens is 2. The first-order valence-corrected chi connectivity index (χ1v) is 8.49. The summed E-state index contributed by atoms with van der Waals surface area (Å²) in [5.74, 6) is 1.65. The van der Waals surface area contributed by atoms with E-state index in [0.29, 0.717) is 37.0 Å². The number of aryl methyl sites for hydroxylation is 1. The molecular weight excluding hydrogens is 306 g/mol. The standard InChI is InChI=1S/C18H23N3O3/c1-2-21(12-14-10-11-23-13-14)17(22)9-8-16-19-18(20-24-16)15-6-4-3-5-7-15/h3-7,14H,2,8-13H2,1H3. The van der Waals surface area contributed by atoms with Gasteiger partial charge < -0.3 is 14.2 Å². The van der Waals surface area contributed by atoms with E-state index in [2.05, 4.69) is 10.1 Å². The lowest BCUT2D eigenvalue weighted by Gasteiger charge is -2.23. The fraction of sp³-hybridized carbons (Fsp3) is 0.500. The van der Waals surface area contributed by atoms with Crippen LogP contribution in [-0.2, 0) is 16.0 Å². The van der Waals surface area contributed by atoms with E-state index in [1.54, 1.807) is 0 Å². The molecule has 0 bridgehead atoms. The van der Waals surface area contributed by atoms with Crippen LogP contribution in [0.15, 0.2) is 34.9 Å².